The summed E-state index contributed by atoms with van der Waals surface area (Å²) in [5.74, 6) is -0.0692. The molecule has 0 aromatic rings. The van der Waals surface area contributed by atoms with Crippen molar-refractivity contribution in [3.8, 4) is 6.07 Å². The van der Waals surface area contributed by atoms with Crippen LogP contribution in [0.3, 0.4) is 0 Å². The van der Waals surface area contributed by atoms with E-state index in [4.69, 9.17) is 5.26 Å². The average molecular weight is 168 g/mol. The first-order valence-corrected chi connectivity index (χ1v) is 4.08. The van der Waals surface area contributed by atoms with Gasteiger partial charge in [0.1, 0.15) is 0 Å². The minimum absolute atomic E-state index is 0.0481. The fraction of sp³-hybridized carbons (Fsp3) is 0.778. The maximum Gasteiger partial charge on any atom is 0.322 e. The Morgan fingerprint density at radius 1 is 1.58 bits per heavy atom. The number of amides is 1. The van der Waals surface area contributed by atoms with Crippen LogP contribution in [0.2, 0.25) is 0 Å². The molecule has 68 valence electrons. The van der Waals surface area contributed by atoms with Crippen LogP contribution in [-0.2, 0) is 4.79 Å². The molecule has 0 spiro atoms. The van der Waals surface area contributed by atoms with Gasteiger partial charge in [0.05, 0.1) is 0 Å². The number of carbonyl (C=O) groups excluding carboxylic acids is 1. The van der Waals surface area contributed by atoms with E-state index < -0.39 is 5.91 Å². The van der Waals surface area contributed by atoms with E-state index in [-0.39, 0.29) is 5.41 Å². The van der Waals surface area contributed by atoms with Crippen LogP contribution < -0.4 is 5.32 Å². The van der Waals surface area contributed by atoms with Gasteiger partial charge >= 0.3 is 5.91 Å². The first kappa shape index (κ1) is 11.0. The number of carbonyl (C=O) groups is 1. The van der Waals surface area contributed by atoms with Crippen LogP contribution >= 0.6 is 0 Å². The predicted molar refractivity (Wildman–Crippen MR) is 47.2 cm³/mol. The highest BCUT2D eigenvalue weighted by molar-refractivity contribution is 5.91. The molecule has 0 radical (unpaired) electrons. The molecule has 0 fully saturated rings. The number of hydrogen-bond donors (Lipinski definition) is 1. The standard InChI is InChI=1S/C9H16N2O/c1-7(2)9(3,4)6-11-8(12)5-10/h7H,6H2,1-4H3,(H,11,12). The molecule has 12 heavy (non-hydrogen) atoms. The zero-order chi connectivity index (χ0) is 9.78. The van der Waals surface area contributed by atoms with Gasteiger partial charge in [-0.2, -0.15) is 5.26 Å². The molecule has 0 aromatic heterocycles. The Kier molecular flexibility index (Phi) is 3.75. The smallest absolute Gasteiger partial charge is 0.322 e. The van der Waals surface area contributed by atoms with Gasteiger partial charge < -0.3 is 5.32 Å². The topological polar surface area (TPSA) is 52.9 Å². The summed E-state index contributed by atoms with van der Waals surface area (Å²) in [5.41, 5.74) is 0.0481. The van der Waals surface area contributed by atoms with Gasteiger partial charge in [-0.05, 0) is 11.3 Å². The number of nitrogens with one attached hydrogen (secondary N) is 1. The Balaban J connectivity index is 3.94. The third kappa shape index (κ3) is 3.38. The highest BCUT2D eigenvalue weighted by atomic mass is 16.1. The molecule has 0 aliphatic rings. The second-order valence-corrected chi connectivity index (χ2v) is 3.94. The van der Waals surface area contributed by atoms with E-state index in [0.717, 1.165) is 0 Å². The van der Waals surface area contributed by atoms with Crippen molar-refractivity contribution in [3.63, 3.8) is 0 Å². The van der Waals surface area contributed by atoms with Crippen LogP contribution in [0.25, 0.3) is 0 Å². The summed E-state index contributed by atoms with van der Waals surface area (Å²) < 4.78 is 0. The van der Waals surface area contributed by atoms with Crippen molar-refractivity contribution in [3.05, 3.63) is 0 Å². The molecule has 1 N–H and O–H groups in total. The normalized spacial score (nSPS) is 11.0. The van der Waals surface area contributed by atoms with Crippen LogP contribution in [0.1, 0.15) is 27.7 Å². The summed E-state index contributed by atoms with van der Waals surface area (Å²) in [4.78, 5) is 10.6. The van der Waals surface area contributed by atoms with E-state index in [1.165, 1.54) is 6.07 Å². The van der Waals surface area contributed by atoms with E-state index in [1.807, 2.05) is 0 Å². The monoisotopic (exact) mass is 168 g/mol. The Hall–Kier alpha value is -1.04. The molecule has 0 aliphatic heterocycles. The minimum Gasteiger partial charge on any atom is -0.343 e. The number of nitriles is 1. The van der Waals surface area contributed by atoms with Crippen molar-refractivity contribution in [2.45, 2.75) is 27.7 Å². The van der Waals surface area contributed by atoms with Gasteiger partial charge in [-0.3, -0.25) is 4.79 Å². The van der Waals surface area contributed by atoms with Crippen LogP contribution in [0.5, 0.6) is 0 Å². The summed E-state index contributed by atoms with van der Waals surface area (Å²) >= 11 is 0. The minimum atomic E-state index is -0.552. The fourth-order valence-electron chi connectivity index (χ4n) is 0.552. The van der Waals surface area contributed by atoms with Gasteiger partial charge in [0, 0.05) is 6.54 Å². The first-order chi connectivity index (χ1) is 5.40. The van der Waals surface area contributed by atoms with Crippen molar-refractivity contribution < 1.29 is 4.79 Å². The molecule has 3 nitrogen and oxygen atoms in total. The summed E-state index contributed by atoms with van der Waals surface area (Å²) in [5, 5.41) is 10.8. The fourth-order valence-corrected chi connectivity index (χ4v) is 0.552. The molecule has 0 unspecified atom stereocenters. The molecular weight excluding hydrogens is 152 g/mol. The van der Waals surface area contributed by atoms with Crippen LogP contribution in [0.15, 0.2) is 0 Å². The maximum atomic E-state index is 10.6. The Morgan fingerprint density at radius 3 is 2.42 bits per heavy atom. The van der Waals surface area contributed by atoms with Crippen molar-refractivity contribution >= 4 is 5.91 Å². The average Bonchev–Trinajstić information content (AvgIpc) is 2.00. The molecular formula is C9H16N2O. The van der Waals surface area contributed by atoms with Gasteiger partial charge in [-0.25, -0.2) is 0 Å². The van der Waals surface area contributed by atoms with Gasteiger partial charge in [-0.1, -0.05) is 27.7 Å². The number of rotatable bonds is 3. The van der Waals surface area contributed by atoms with Gasteiger partial charge in [0.15, 0.2) is 6.07 Å². The lowest BCUT2D eigenvalue weighted by Gasteiger charge is -2.28. The van der Waals surface area contributed by atoms with E-state index in [2.05, 4.69) is 33.0 Å². The van der Waals surface area contributed by atoms with E-state index in [0.29, 0.717) is 12.5 Å². The lowest BCUT2D eigenvalue weighted by molar-refractivity contribution is -0.116. The molecule has 1 amide bonds. The first-order valence-electron chi connectivity index (χ1n) is 4.08. The van der Waals surface area contributed by atoms with E-state index in [9.17, 15) is 4.79 Å². The molecule has 3 heteroatoms. The van der Waals surface area contributed by atoms with Gasteiger partial charge in [0.25, 0.3) is 0 Å². The summed E-state index contributed by atoms with van der Waals surface area (Å²) in [6.07, 6.45) is 0. The van der Waals surface area contributed by atoms with Crippen molar-refractivity contribution in [1.82, 2.24) is 5.32 Å². The van der Waals surface area contributed by atoms with Crippen LogP contribution in [0.4, 0.5) is 0 Å². The molecule has 0 heterocycles. The highest BCUT2D eigenvalue weighted by Gasteiger charge is 2.22. The lowest BCUT2D eigenvalue weighted by Crippen LogP contribution is -2.36. The molecule has 0 rings (SSSR count). The summed E-state index contributed by atoms with van der Waals surface area (Å²) in [6.45, 7) is 8.87. The zero-order valence-corrected chi connectivity index (χ0v) is 8.14. The zero-order valence-electron chi connectivity index (χ0n) is 8.14. The quantitative estimate of drug-likeness (QED) is 0.646. The third-order valence-corrected chi connectivity index (χ3v) is 2.37. The maximum absolute atomic E-state index is 10.6. The van der Waals surface area contributed by atoms with Crippen LogP contribution in [-0.4, -0.2) is 12.5 Å². The molecule has 0 aliphatic carbocycles. The molecule has 0 atom stereocenters. The highest BCUT2D eigenvalue weighted by Crippen LogP contribution is 2.24. The number of nitrogens with zero attached hydrogens (tertiary/aromatic N) is 1. The second kappa shape index (κ2) is 4.10. The second-order valence-electron chi connectivity index (χ2n) is 3.94. The largest absolute Gasteiger partial charge is 0.343 e. The summed E-state index contributed by atoms with van der Waals surface area (Å²) in [7, 11) is 0. The lowest BCUT2D eigenvalue weighted by atomic mass is 9.81. The molecule has 0 saturated carbocycles. The third-order valence-electron chi connectivity index (χ3n) is 2.37. The molecule has 0 saturated heterocycles. The van der Waals surface area contributed by atoms with E-state index in [1.54, 1.807) is 0 Å². The van der Waals surface area contributed by atoms with Crippen molar-refractivity contribution in [2.75, 3.05) is 6.54 Å². The molecule has 0 aromatic carbocycles. The van der Waals surface area contributed by atoms with E-state index >= 15 is 0 Å². The van der Waals surface area contributed by atoms with Crippen molar-refractivity contribution in [1.29, 1.82) is 5.26 Å². The Morgan fingerprint density at radius 2 is 2.08 bits per heavy atom. The van der Waals surface area contributed by atoms with Gasteiger partial charge in [-0.15, -0.1) is 0 Å². The molecule has 0 bridgehead atoms. The Bertz CT molecular complexity index is 201. The Labute approximate surface area is 73.8 Å². The SMILES string of the molecule is CC(C)C(C)(C)CNC(=O)C#N. The number of hydrogen-bond acceptors (Lipinski definition) is 2. The van der Waals surface area contributed by atoms with Crippen molar-refractivity contribution in [2.24, 2.45) is 11.3 Å². The van der Waals surface area contributed by atoms with Gasteiger partial charge in [0.2, 0.25) is 0 Å². The summed E-state index contributed by atoms with van der Waals surface area (Å²) in [6, 6.07) is 1.53. The predicted octanol–water partition coefficient (Wildman–Crippen LogP) is 1.31. The van der Waals surface area contributed by atoms with Crippen LogP contribution in [0, 0.1) is 22.7 Å².